The van der Waals surface area contributed by atoms with Crippen LogP contribution in [0.1, 0.15) is 17.0 Å². The third-order valence-corrected chi connectivity index (χ3v) is 6.03. The van der Waals surface area contributed by atoms with Crippen molar-refractivity contribution >= 4 is 22.9 Å². The van der Waals surface area contributed by atoms with Crippen LogP contribution in [0.2, 0.25) is 0 Å². The van der Waals surface area contributed by atoms with Gasteiger partial charge in [-0.1, -0.05) is 0 Å². The summed E-state index contributed by atoms with van der Waals surface area (Å²) >= 11 is 1.66. The topological polar surface area (TPSA) is 73.3 Å². The highest BCUT2D eigenvalue weighted by Crippen LogP contribution is 2.36. The summed E-state index contributed by atoms with van der Waals surface area (Å²) < 4.78 is 10.7. The Morgan fingerprint density at radius 3 is 3.04 bits per heavy atom. The monoisotopic (exact) mass is 379 g/mol. The minimum Gasteiger partial charge on any atom is -0.454 e. The van der Waals surface area contributed by atoms with Gasteiger partial charge in [0.1, 0.15) is 5.01 Å². The van der Waals surface area contributed by atoms with E-state index in [4.69, 9.17) is 14.5 Å². The van der Waals surface area contributed by atoms with Crippen LogP contribution in [0.4, 0.5) is 5.69 Å². The number of pyridine rings is 1. The number of nitrogens with one attached hydrogen (secondary N) is 1. The van der Waals surface area contributed by atoms with Gasteiger partial charge in [-0.25, -0.2) is 4.98 Å². The predicted octanol–water partition coefficient (Wildman–Crippen LogP) is 3.68. The Hall–Kier alpha value is -2.93. The molecule has 1 atom stereocenters. The normalized spacial score (nSPS) is 17.4. The minimum absolute atomic E-state index is 0.0378. The maximum Gasteiger partial charge on any atom is 0.231 e. The molecule has 3 heterocycles. The Balaban J connectivity index is 1.30. The van der Waals surface area contributed by atoms with Crippen molar-refractivity contribution < 1.29 is 14.3 Å². The van der Waals surface area contributed by atoms with Gasteiger partial charge in [-0.3, -0.25) is 9.78 Å². The van der Waals surface area contributed by atoms with Crippen LogP contribution in [0.3, 0.4) is 0 Å². The Morgan fingerprint density at radius 2 is 2.15 bits per heavy atom. The van der Waals surface area contributed by atoms with Gasteiger partial charge in [0.2, 0.25) is 12.7 Å². The fraction of sp³-hybridized carbons (Fsp3) is 0.250. The van der Waals surface area contributed by atoms with E-state index in [1.165, 1.54) is 4.88 Å². The number of aromatic nitrogens is 2. The van der Waals surface area contributed by atoms with E-state index in [-0.39, 0.29) is 18.6 Å². The van der Waals surface area contributed by atoms with Gasteiger partial charge < -0.3 is 14.8 Å². The number of anilines is 1. The highest BCUT2D eigenvalue weighted by atomic mass is 32.1. The van der Waals surface area contributed by atoms with E-state index in [1.54, 1.807) is 17.5 Å². The van der Waals surface area contributed by atoms with Crippen LogP contribution in [-0.4, -0.2) is 22.7 Å². The lowest BCUT2D eigenvalue weighted by Crippen LogP contribution is -2.27. The lowest BCUT2D eigenvalue weighted by atomic mass is 9.90. The molecule has 136 valence electrons. The first kappa shape index (κ1) is 16.3. The van der Waals surface area contributed by atoms with Crippen LogP contribution in [0.25, 0.3) is 10.6 Å². The summed E-state index contributed by atoms with van der Waals surface area (Å²) in [5, 5.41) is 3.99. The van der Waals surface area contributed by atoms with E-state index < -0.39 is 0 Å². The summed E-state index contributed by atoms with van der Waals surface area (Å²) in [6, 6.07) is 9.40. The average Bonchev–Trinajstić information content (AvgIpc) is 3.34. The van der Waals surface area contributed by atoms with Crippen molar-refractivity contribution in [1.29, 1.82) is 0 Å². The van der Waals surface area contributed by atoms with Gasteiger partial charge in [0.25, 0.3) is 0 Å². The molecule has 2 aliphatic rings. The minimum atomic E-state index is -0.0508. The molecule has 6 nitrogen and oxygen atoms in total. The Bertz CT molecular complexity index is 1000. The zero-order valence-corrected chi connectivity index (χ0v) is 15.3. The van der Waals surface area contributed by atoms with Crippen molar-refractivity contribution in [1.82, 2.24) is 9.97 Å². The second-order valence-electron chi connectivity index (χ2n) is 6.63. The lowest BCUT2D eigenvalue weighted by molar-refractivity contribution is -0.120. The van der Waals surface area contributed by atoms with Crippen LogP contribution in [-0.2, 0) is 17.6 Å². The summed E-state index contributed by atoms with van der Waals surface area (Å²) in [6.07, 6.45) is 5.94. The summed E-state index contributed by atoms with van der Waals surface area (Å²) in [5.41, 5.74) is 2.87. The molecular weight excluding hydrogens is 362 g/mol. The van der Waals surface area contributed by atoms with Crippen molar-refractivity contribution in [2.45, 2.75) is 19.3 Å². The van der Waals surface area contributed by atoms with Gasteiger partial charge in [-0.15, -0.1) is 11.3 Å². The molecule has 0 fully saturated rings. The number of rotatable bonds is 3. The second-order valence-corrected chi connectivity index (χ2v) is 7.71. The molecule has 0 radical (unpaired) electrons. The first-order valence-electron chi connectivity index (χ1n) is 8.86. The summed E-state index contributed by atoms with van der Waals surface area (Å²) in [7, 11) is 0. The summed E-state index contributed by atoms with van der Waals surface area (Å²) in [6.45, 7) is 0.225. The van der Waals surface area contributed by atoms with E-state index in [0.29, 0.717) is 11.5 Å². The second kappa shape index (κ2) is 6.66. The maximum absolute atomic E-state index is 12.7. The molecule has 1 amide bonds. The zero-order valence-electron chi connectivity index (χ0n) is 14.5. The Labute approximate surface area is 160 Å². The fourth-order valence-corrected chi connectivity index (χ4v) is 4.61. The van der Waals surface area contributed by atoms with E-state index in [1.807, 2.05) is 36.5 Å². The molecule has 1 aliphatic heterocycles. The highest BCUT2D eigenvalue weighted by molar-refractivity contribution is 7.15. The number of amides is 1. The lowest BCUT2D eigenvalue weighted by Gasteiger charge is -2.20. The zero-order chi connectivity index (χ0) is 18.2. The van der Waals surface area contributed by atoms with Crippen molar-refractivity contribution in [3.63, 3.8) is 0 Å². The smallest absolute Gasteiger partial charge is 0.231 e. The molecule has 0 saturated carbocycles. The number of fused-ring (bicyclic) bond motifs is 2. The van der Waals surface area contributed by atoms with Gasteiger partial charge in [0.15, 0.2) is 11.5 Å². The van der Waals surface area contributed by atoms with Gasteiger partial charge in [-0.05, 0) is 43.5 Å². The van der Waals surface area contributed by atoms with E-state index in [9.17, 15) is 4.79 Å². The number of hydrogen-bond acceptors (Lipinski definition) is 6. The Kier molecular flexibility index (Phi) is 4.01. The van der Waals surface area contributed by atoms with Gasteiger partial charge in [0.05, 0.1) is 5.69 Å². The van der Waals surface area contributed by atoms with Gasteiger partial charge in [-0.2, -0.15) is 0 Å². The van der Waals surface area contributed by atoms with Crippen molar-refractivity contribution in [3.8, 4) is 22.1 Å². The number of ether oxygens (including phenoxy) is 2. The number of carbonyl (C=O) groups excluding carboxylic acids is 1. The first-order valence-corrected chi connectivity index (χ1v) is 9.67. The number of nitrogens with zero attached hydrogens (tertiary/aromatic N) is 2. The van der Waals surface area contributed by atoms with Crippen LogP contribution < -0.4 is 14.8 Å². The van der Waals surface area contributed by atoms with Crippen LogP contribution >= 0.6 is 11.3 Å². The molecule has 2 aromatic heterocycles. The molecular formula is C20H17N3O3S. The van der Waals surface area contributed by atoms with Gasteiger partial charge in [0, 0.05) is 40.5 Å². The Morgan fingerprint density at radius 1 is 1.22 bits per heavy atom. The van der Waals surface area contributed by atoms with E-state index in [0.717, 1.165) is 41.2 Å². The number of thiazole rings is 1. The van der Waals surface area contributed by atoms with Crippen LogP contribution in [0.15, 0.2) is 42.7 Å². The predicted molar refractivity (Wildman–Crippen MR) is 102 cm³/mol. The fourth-order valence-electron chi connectivity index (χ4n) is 3.43. The summed E-state index contributed by atoms with van der Waals surface area (Å²) in [4.78, 5) is 22.9. The quantitative estimate of drug-likeness (QED) is 0.752. The SMILES string of the molecule is O=C(Nc1ccc2c(c1)OCO2)C1CCc2nc(-c3cccnc3)sc2C1. The molecule has 0 bridgehead atoms. The van der Waals surface area contributed by atoms with Crippen molar-refractivity contribution in [3.05, 3.63) is 53.3 Å². The molecule has 1 unspecified atom stereocenters. The largest absolute Gasteiger partial charge is 0.454 e. The van der Waals surface area contributed by atoms with Crippen LogP contribution in [0, 0.1) is 5.92 Å². The molecule has 1 N–H and O–H groups in total. The molecule has 0 saturated heterocycles. The summed E-state index contributed by atoms with van der Waals surface area (Å²) in [5.74, 6) is 1.37. The molecule has 5 rings (SSSR count). The van der Waals surface area contributed by atoms with Crippen molar-refractivity contribution in [2.75, 3.05) is 12.1 Å². The highest BCUT2D eigenvalue weighted by Gasteiger charge is 2.28. The molecule has 1 aliphatic carbocycles. The molecule has 27 heavy (non-hydrogen) atoms. The molecule has 3 aromatic rings. The van der Waals surface area contributed by atoms with E-state index >= 15 is 0 Å². The van der Waals surface area contributed by atoms with Gasteiger partial charge >= 0.3 is 0 Å². The average molecular weight is 379 g/mol. The number of benzene rings is 1. The molecule has 7 heteroatoms. The third-order valence-electron chi connectivity index (χ3n) is 4.86. The van der Waals surface area contributed by atoms with E-state index in [2.05, 4.69) is 10.3 Å². The van der Waals surface area contributed by atoms with Crippen molar-refractivity contribution in [2.24, 2.45) is 5.92 Å². The standard InChI is InChI=1S/C20H17N3O3S/c24-19(22-14-4-6-16-17(9-14)26-11-25-16)12-3-5-15-18(8-12)27-20(23-15)13-2-1-7-21-10-13/h1-2,4,6-7,9-10,12H,3,5,8,11H2,(H,22,24). The molecule has 0 spiro atoms. The van der Waals surface area contributed by atoms with Crippen LogP contribution in [0.5, 0.6) is 11.5 Å². The number of aryl methyl sites for hydroxylation is 1. The number of carbonyl (C=O) groups is 1. The molecule has 1 aromatic carbocycles. The maximum atomic E-state index is 12.7. The third kappa shape index (κ3) is 3.14. The number of hydrogen-bond donors (Lipinski definition) is 1. The first-order chi connectivity index (χ1) is 13.3.